The zero-order valence-electron chi connectivity index (χ0n) is 8.64. The van der Waals surface area contributed by atoms with E-state index in [0.717, 1.165) is 5.56 Å². The van der Waals surface area contributed by atoms with Gasteiger partial charge in [-0.25, -0.2) is 9.97 Å². The summed E-state index contributed by atoms with van der Waals surface area (Å²) in [7, 11) is 1.55. The molecule has 0 fully saturated rings. The summed E-state index contributed by atoms with van der Waals surface area (Å²) >= 11 is 5.91. The van der Waals surface area contributed by atoms with Gasteiger partial charge in [-0.15, -0.1) is 0 Å². The highest BCUT2D eigenvalue weighted by atomic mass is 35.5. The molecule has 0 saturated carbocycles. The molecule has 2 N–H and O–H groups in total. The van der Waals surface area contributed by atoms with Crippen molar-refractivity contribution in [3.8, 4) is 17.1 Å². The zero-order valence-corrected chi connectivity index (χ0v) is 9.40. The van der Waals surface area contributed by atoms with Crippen LogP contribution in [0.5, 0.6) is 5.88 Å². The third kappa shape index (κ3) is 2.06. The van der Waals surface area contributed by atoms with E-state index < -0.39 is 0 Å². The standard InChI is InChI=1S/C11H10ClN3O/c1-16-11-5-10(14-6-15-11)8-4-7(12)2-3-9(8)13/h2-6H,13H2,1H3. The van der Waals surface area contributed by atoms with Gasteiger partial charge in [-0.3, -0.25) is 0 Å². The number of ether oxygens (including phenoxy) is 1. The third-order valence-electron chi connectivity index (χ3n) is 2.14. The fourth-order valence-electron chi connectivity index (χ4n) is 1.35. The number of halogens is 1. The number of nitrogens with two attached hydrogens (primary N) is 1. The summed E-state index contributed by atoms with van der Waals surface area (Å²) in [5.41, 5.74) is 7.93. The lowest BCUT2D eigenvalue weighted by atomic mass is 10.1. The van der Waals surface area contributed by atoms with Gasteiger partial charge in [0.25, 0.3) is 0 Å². The second kappa shape index (κ2) is 4.37. The van der Waals surface area contributed by atoms with Crippen molar-refractivity contribution >= 4 is 17.3 Å². The molecule has 0 aliphatic rings. The lowest BCUT2D eigenvalue weighted by Gasteiger charge is -2.06. The highest BCUT2D eigenvalue weighted by molar-refractivity contribution is 6.31. The summed E-state index contributed by atoms with van der Waals surface area (Å²) in [5, 5.41) is 0.613. The van der Waals surface area contributed by atoms with E-state index in [1.165, 1.54) is 6.33 Å². The first-order valence-electron chi connectivity index (χ1n) is 4.62. The SMILES string of the molecule is COc1cc(-c2cc(Cl)ccc2N)ncn1. The highest BCUT2D eigenvalue weighted by Gasteiger charge is 2.06. The van der Waals surface area contributed by atoms with Crippen LogP contribution in [0.1, 0.15) is 0 Å². The Balaban J connectivity index is 2.53. The normalized spacial score (nSPS) is 10.1. The molecule has 1 aromatic heterocycles. The Hall–Kier alpha value is -1.81. The number of benzene rings is 1. The minimum absolute atomic E-state index is 0.490. The Morgan fingerprint density at radius 3 is 2.81 bits per heavy atom. The predicted octanol–water partition coefficient (Wildman–Crippen LogP) is 2.39. The molecule has 0 spiro atoms. The van der Waals surface area contributed by atoms with Crippen molar-refractivity contribution in [3.63, 3.8) is 0 Å². The number of hydrogen-bond acceptors (Lipinski definition) is 4. The Morgan fingerprint density at radius 1 is 1.25 bits per heavy atom. The van der Waals surface area contributed by atoms with Crippen LogP contribution in [0.4, 0.5) is 5.69 Å². The summed E-state index contributed by atoms with van der Waals surface area (Å²) in [4.78, 5) is 8.06. The monoisotopic (exact) mass is 235 g/mol. The molecule has 16 heavy (non-hydrogen) atoms. The summed E-state index contributed by atoms with van der Waals surface area (Å²) < 4.78 is 5.02. The largest absolute Gasteiger partial charge is 0.481 e. The minimum atomic E-state index is 0.490. The van der Waals surface area contributed by atoms with Crippen LogP contribution in [0.3, 0.4) is 0 Å². The van der Waals surface area contributed by atoms with Gasteiger partial charge in [-0.2, -0.15) is 0 Å². The van der Waals surface area contributed by atoms with E-state index in [4.69, 9.17) is 22.1 Å². The Kier molecular flexibility index (Phi) is 2.92. The molecule has 0 atom stereocenters. The van der Waals surface area contributed by atoms with Gasteiger partial charge in [-0.05, 0) is 18.2 Å². The smallest absolute Gasteiger partial charge is 0.216 e. The number of nitrogens with zero attached hydrogens (tertiary/aromatic N) is 2. The molecular formula is C11H10ClN3O. The Bertz CT molecular complexity index is 516. The molecule has 0 unspecified atom stereocenters. The van der Waals surface area contributed by atoms with Gasteiger partial charge >= 0.3 is 0 Å². The molecule has 2 aromatic rings. The van der Waals surface area contributed by atoms with Crippen molar-refractivity contribution in [2.45, 2.75) is 0 Å². The molecule has 0 aliphatic carbocycles. The van der Waals surface area contributed by atoms with Crippen LogP contribution in [-0.4, -0.2) is 17.1 Å². The molecule has 0 saturated heterocycles. The van der Waals surface area contributed by atoms with E-state index in [-0.39, 0.29) is 0 Å². The van der Waals surface area contributed by atoms with Crippen LogP contribution in [0.25, 0.3) is 11.3 Å². The molecule has 1 heterocycles. The van der Waals surface area contributed by atoms with E-state index in [9.17, 15) is 0 Å². The van der Waals surface area contributed by atoms with Crippen LogP contribution in [-0.2, 0) is 0 Å². The second-order valence-electron chi connectivity index (χ2n) is 3.18. The number of methoxy groups -OCH3 is 1. The summed E-state index contributed by atoms with van der Waals surface area (Å²) in [6.45, 7) is 0. The molecular weight excluding hydrogens is 226 g/mol. The average Bonchev–Trinajstić information content (AvgIpc) is 2.32. The number of nitrogen functional groups attached to an aromatic ring is 1. The van der Waals surface area contributed by atoms with Crippen LogP contribution in [0.15, 0.2) is 30.6 Å². The summed E-state index contributed by atoms with van der Waals surface area (Å²) in [5.74, 6) is 0.490. The van der Waals surface area contributed by atoms with Crippen molar-refractivity contribution in [1.29, 1.82) is 0 Å². The molecule has 0 amide bonds. The molecule has 1 aromatic carbocycles. The first-order chi connectivity index (χ1) is 7.70. The van der Waals surface area contributed by atoms with Crippen molar-refractivity contribution in [2.75, 3.05) is 12.8 Å². The van der Waals surface area contributed by atoms with Crippen molar-refractivity contribution in [2.24, 2.45) is 0 Å². The van der Waals surface area contributed by atoms with Crippen LogP contribution in [0.2, 0.25) is 5.02 Å². The zero-order chi connectivity index (χ0) is 11.5. The maximum Gasteiger partial charge on any atom is 0.216 e. The van der Waals surface area contributed by atoms with Crippen LogP contribution < -0.4 is 10.5 Å². The van der Waals surface area contributed by atoms with Gasteiger partial charge in [0.2, 0.25) is 5.88 Å². The predicted molar refractivity (Wildman–Crippen MR) is 63.4 cm³/mol. The van der Waals surface area contributed by atoms with E-state index in [1.54, 1.807) is 31.4 Å². The topological polar surface area (TPSA) is 61.0 Å². The number of anilines is 1. The van der Waals surface area contributed by atoms with Gasteiger partial charge < -0.3 is 10.5 Å². The third-order valence-corrected chi connectivity index (χ3v) is 2.38. The molecule has 82 valence electrons. The van der Waals surface area contributed by atoms with Gasteiger partial charge in [0, 0.05) is 22.3 Å². The van der Waals surface area contributed by atoms with Gasteiger partial charge in [0.15, 0.2) is 0 Å². The van der Waals surface area contributed by atoms with E-state index >= 15 is 0 Å². The molecule has 0 bridgehead atoms. The number of rotatable bonds is 2. The quantitative estimate of drug-likeness (QED) is 0.812. The first kappa shape index (κ1) is 10.7. The molecule has 0 aliphatic heterocycles. The first-order valence-corrected chi connectivity index (χ1v) is 5.00. The lowest BCUT2D eigenvalue weighted by molar-refractivity contribution is 0.397. The number of aromatic nitrogens is 2. The second-order valence-corrected chi connectivity index (χ2v) is 3.61. The molecule has 5 heteroatoms. The molecule has 2 rings (SSSR count). The van der Waals surface area contributed by atoms with Crippen molar-refractivity contribution in [3.05, 3.63) is 35.6 Å². The van der Waals surface area contributed by atoms with Crippen molar-refractivity contribution < 1.29 is 4.74 Å². The molecule has 4 nitrogen and oxygen atoms in total. The minimum Gasteiger partial charge on any atom is -0.481 e. The Morgan fingerprint density at radius 2 is 2.06 bits per heavy atom. The molecule has 0 radical (unpaired) electrons. The lowest BCUT2D eigenvalue weighted by Crippen LogP contribution is -1.94. The maximum atomic E-state index is 5.91. The Labute approximate surface area is 98.0 Å². The fourth-order valence-corrected chi connectivity index (χ4v) is 1.52. The summed E-state index contributed by atoms with van der Waals surface area (Å²) in [6, 6.07) is 6.95. The summed E-state index contributed by atoms with van der Waals surface area (Å²) in [6.07, 6.45) is 1.43. The maximum absolute atomic E-state index is 5.91. The number of hydrogen-bond donors (Lipinski definition) is 1. The van der Waals surface area contributed by atoms with Gasteiger partial charge in [0.05, 0.1) is 12.8 Å². The van der Waals surface area contributed by atoms with E-state index in [0.29, 0.717) is 22.3 Å². The van der Waals surface area contributed by atoms with Gasteiger partial charge in [0.1, 0.15) is 6.33 Å². The fraction of sp³-hybridized carbons (Fsp3) is 0.0909. The van der Waals surface area contributed by atoms with E-state index in [2.05, 4.69) is 9.97 Å². The van der Waals surface area contributed by atoms with Gasteiger partial charge in [-0.1, -0.05) is 11.6 Å². The van der Waals surface area contributed by atoms with Crippen LogP contribution in [0, 0.1) is 0 Å². The van der Waals surface area contributed by atoms with E-state index in [1.807, 2.05) is 0 Å². The average molecular weight is 236 g/mol. The van der Waals surface area contributed by atoms with Crippen LogP contribution >= 0.6 is 11.6 Å². The highest BCUT2D eigenvalue weighted by Crippen LogP contribution is 2.28. The van der Waals surface area contributed by atoms with Crippen molar-refractivity contribution in [1.82, 2.24) is 9.97 Å².